The van der Waals surface area contributed by atoms with Gasteiger partial charge in [0, 0.05) is 24.9 Å². The van der Waals surface area contributed by atoms with Crippen LogP contribution < -0.4 is 10.6 Å². The third kappa shape index (κ3) is 21.3. The monoisotopic (exact) mass is 490 g/mol. The van der Waals surface area contributed by atoms with E-state index in [9.17, 15) is 14.4 Å². The largest absolute Gasteiger partial charge is 0.480 e. The molecular formula is C23H46N4O5S. The maximum atomic E-state index is 11.5. The number of aromatic nitrogens is 1. The van der Waals surface area contributed by atoms with Crippen LogP contribution in [-0.2, 0) is 16.1 Å². The molecule has 1 rings (SSSR count). The van der Waals surface area contributed by atoms with E-state index in [-0.39, 0.29) is 12.6 Å². The first-order valence-corrected chi connectivity index (χ1v) is 12.4. The molecule has 9 nitrogen and oxygen atoms in total. The zero-order chi connectivity index (χ0) is 26.6. The molecule has 0 bridgehead atoms. The van der Waals surface area contributed by atoms with E-state index in [1.54, 1.807) is 18.4 Å². The zero-order valence-electron chi connectivity index (χ0n) is 22.4. The van der Waals surface area contributed by atoms with Crippen molar-refractivity contribution in [1.82, 2.24) is 20.5 Å². The Hall–Kier alpha value is -2.36. The Labute approximate surface area is 204 Å². The van der Waals surface area contributed by atoms with Crippen LogP contribution in [0.3, 0.4) is 0 Å². The van der Waals surface area contributed by atoms with Crippen LogP contribution in [0.25, 0.3) is 0 Å². The molecule has 1 heterocycles. The van der Waals surface area contributed by atoms with Gasteiger partial charge in [0.15, 0.2) is 0 Å². The number of ether oxygens (including phenoxy) is 1. The second-order valence-electron chi connectivity index (χ2n) is 7.67. The van der Waals surface area contributed by atoms with Crippen molar-refractivity contribution in [2.75, 3.05) is 20.1 Å². The van der Waals surface area contributed by atoms with E-state index in [1.165, 1.54) is 4.90 Å². The van der Waals surface area contributed by atoms with Gasteiger partial charge >= 0.3 is 18.1 Å². The summed E-state index contributed by atoms with van der Waals surface area (Å²) in [5.41, 5.74) is 0.425. The van der Waals surface area contributed by atoms with E-state index >= 15 is 0 Å². The molecule has 0 atom stereocenters. The molecular weight excluding hydrogens is 444 g/mol. The smallest absolute Gasteiger partial charge is 0.407 e. The number of urea groups is 1. The van der Waals surface area contributed by atoms with Crippen molar-refractivity contribution in [3.8, 4) is 0 Å². The molecule has 0 fully saturated rings. The van der Waals surface area contributed by atoms with Crippen molar-refractivity contribution >= 4 is 29.4 Å². The minimum Gasteiger partial charge on any atom is -0.480 e. The highest BCUT2D eigenvalue weighted by molar-refractivity contribution is 7.09. The summed E-state index contributed by atoms with van der Waals surface area (Å²) >= 11 is 1.57. The zero-order valence-corrected chi connectivity index (χ0v) is 23.2. The molecule has 0 unspecified atom stereocenters. The molecule has 0 saturated carbocycles. The number of carboxylic acid groups (broad SMARTS) is 1. The topological polar surface area (TPSA) is 121 Å². The molecule has 3 amide bonds. The Bertz CT molecular complexity index is 658. The number of carbonyl (C=O) groups is 3. The lowest BCUT2D eigenvalue weighted by Crippen LogP contribution is -2.39. The first kappa shape index (κ1) is 35.2. The van der Waals surface area contributed by atoms with E-state index in [1.807, 2.05) is 60.8 Å². The van der Waals surface area contributed by atoms with Gasteiger partial charge in [-0.15, -0.1) is 11.3 Å². The highest BCUT2D eigenvalue weighted by Gasteiger charge is 2.15. The summed E-state index contributed by atoms with van der Waals surface area (Å²) in [6, 6.07) is -0.420. The lowest BCUT2D eigenvalue weighted by molar-refractivity contribution is -0.135. The van der Waals surface area contributed by atoms with E-state index in [0.717, 1.165) is 17.1 Å². The van der Waals surface area contributed by atoms with Crippen LogP contribution >= 0.6 is 11.3 Å². The van der Waals surface area contributed by atoms with E-state index in [2.05, 4.69) is 29.5 Å². The molecule has 10 heteroatoms. The van der Waals surface area contributed by atoms with Crippen molar-refractivity contribution < 1.29 is 24.2 Å². The summed E-state index contributed by atoms with van der Waals surface area (Å²) in [4.78, 5) is 38.5. The average molecular weight is 491 g/mol. The van der Waals surface area contributed by atoms with Gasteiger partial charge < -0.3 is 25.4 Å². The quantitative estimate of drug-likeness (QED) is 0.466. The number of rotatable bonds is 7. The molecule has 0 spiro atoms. The van der Waals surface area contributed by atoms with E-state index in [4.69, 9.17) is 9.84 Å². The Balaban J connectivity index is -0.000000516. The number of carboxylic acids is 1. The second kappa shape index (κ2) is 20.3. The van der Waals surface area contributed by atoms with E-state index in [0.29, 0.717) is 19.0 Å². The fourth-order valence-corrected chi connectivity index (χ4v) is 2.63. The molecule has 1 aromatic heterocycles. The van der Waals surface area contributed by atoms with Crippen LogP contribution in [0.15, 0.2) is 5.38 Å². The molecule has 194 valence electrons. The van der Waals surface area contributed by atoms with Gasteiger partial charge in [0.1, 0.15) is 12.1 Å². The number of nitrogens with one attached hydrogen (secondary N) is 2. The van der Waals surface area contributed by atoms with Crippen molar-refractivity contribution in [3.63, 3.8) is 0 Å². The van der Waals surface area contributed by atoms with Gasteiger partial charge in [-0.2, -0.15) is 0 Å². The summed E-state index contributed by atoms with van der Waals surface area (Å²) < 4.78 is 4.99. The van der Waals surface area contributed by atoms with Crippen molar-refractivity contribution in [2.45, 2.75) is 93.7 Å². The number of hydrogen-bond donors (Lipinski definition) is 3. The van der Waals surface area contributed by atoms with Crippen LogP contribution in [0.2, 0.25) is 0 Å². The Morgan fingerprint density at radius 1 is 1.15 bits per heavy atom. The molecule has 0 aromatic carbocycles. The van der Waals surface area contributed by atoms with Gasteiger partial charge in [0.2, 0.25) is 0 Å². The van der Waals surface area contributed by atoms with Crippen LogP contribution in [0, 0.1) is 0 Å². The van der Waals surface area contributed by atoms with Crippen LogP contribution in [0.4, 0.5) is 9.59 Å². The van der Waals surface area contributed by atoms with Gasteiger partial charge in [-0.25, -0.2) is 14.6 Å². The number of aliphatic carboxylic acids is 1. The third-order valence-corrected chi connectivity index (χ3v) is 4.31. The summed E-state index contributed by atoms with van der Waals surface area (Å²) in [5, 5.41) is 16.3. The Morgan fingerprint density at radius 3 is 2.09 bits per heavy atom. The number of alkyl carbamates (subject to hydrolysis) is 1. The molecule has 0 aliphatic carbocycles. The van der Waals surface area contributed by atoms with Gasteiger partial charge in [-0.05, 0) is 27.2 Å². The fraction of sp³-hybridized carbons (Fsp3) is 0.739. The molecule has 1 aromatic rings. The number of carbonyl (C=O) groups excluding carboxylic acids is 2. The van der Waals surface area contributed by atoms with Crippen molar-refractivity contribution in [3.05, 3.63) is 16.1 Å². The molecule has 0 saturated heterocycles. The first-order valence-electron chi connectivity index (χ1n) is 11.5. The summed E-state index contributed by atoms with van der Waals surface area (Å²) in [5.74, 6) is -0.692. The summed E-state index contributed by atoms with van der Waals surface area (Å²) in [6.45, 7) is 20.3. The van der Waals surface area contributed by atoms with Gasteiger partial charge in [0.25, 0.3) is 0 Å². The second-order valence-corrected chi connectivity index (χ2v) is 8.56. The van der Waals surface area contributed by atoms with Gasteiger partial charge in [0.05, 0.1) is 17.2 Å². The normalized spacial score (nSPS) is 9.70. The average Bonchev–Trinajstić information content (AvgIpc) is 3.21. The minimum absolute atomic E-state index is 0.334. The van der Waals surface area contributed by atoms with Crippen LogP contribution in [0.1, 0.15) is 92.3 Å². The van der Waals surface area contributed by atoms with Crippen LogP contribution in [-0.4, -0.2) is 58.8 Å². The maximum Gasteiger partial charge on any atom is 0.407 e. The van der Waals surface area contributed by atoms with E-state index < -0.39 is 17.6 Å². The molecule has 0 aliphatic heterocycles. The third-order valence-electron chi connectivity index (χ3n) is 3.12. The van der Waals surface area contributed by atoms with Gasteiger partial charge in [-0.1, -0.05) is 48.5 Å². The number of amides is 3. The lowest BCUT2D eigenvalue weighted by Gasteiger charge is -2.19. The SMILES string of the molecule is CC.CC.CC(C)c1nc(CN(C)C(=O)NCC(=O)O)cs1.CCCNC(=O)OC(C)(C)C. The standard InChI is InChI=1S/C11H17N3O3S.C8H17NO2.2C2H6/c1-7(2)10-13-8(6-18-10)5-14(3)11(17)12-4-9(15)16;1-5-6-9-7(10)11-8(2,3)4;2*1-2/h6-7H,4-5H2,1-3H3,(H,12,17)(H,15,16);5-6H2,1-4H3,(H,9,10);2*1-2H3. The Kier molecular flexibility index (Phi) is 21.6. The highest BCUT2D eigenvalue weighted by Crippen LogP contribution is 2.19. The van der Waals surface area contributed by atoms with Gasteiger partial charge in [-0.3, -0.25) is 4.79 Å². The fourth-order valence-electron chi connectivity index (χ4n) is 1.80. The predicted molar refractivity (Wildman–Crippen MR) is 136 cm³/mol. The highest BCUT2D eigenvalue weighted by atomic mass is 32.1. The summed E-state index contributed by atoms with van der Waals surface area (Å²) in [7, 11) is 1.60. The number of nitrogens with zero attached hydrogens (tertiary/aromatic N) is 2. The number of hydrogen-bond acceptors (Lipinski definition) is 6. The molecule has 0 aliphatic rings. The lowest BCUT2D eigenvalue weighted by atomic mass is 10.2. The minimum atomic E-state index is -1.06. The van der Waals surface area contributed by atoms with Crippen molar-refractivity contribution in [2.24, 2.45) is 0 Å². The van der Waals surface area contributed by atoms with Crippen molar-refractivity contribution in [1.29, 1.82) is 0 Å². The molecule has 3 N–H and O–H groups in total. The number of thiazole rings is 1. The molecule has 33 heavy (non-hydrogen) atoms. The summed E-state index contributed by atoms with van der Waals surface area (Å²) in [6.07, 6.45) is 0.596. The predicted octanol–water partition coefficient (Wildman–Crippen LogP) is 5.47. The Morgan fingerprint density at radius 2 is 1.70 bits per heavy atom. The first-order chi connectivity index (χ1) is 15.4. The maximum absolute atomic E-state index is 11.5. The molecule has 0 radical (unpaired) electrons. The van der Waals surface area contributed by atoms with Crippen LogP contribution in [0.5, 0.6) is 0 Å².